The average Bonchev–Trinajstić information content (AvgIpc) is 3.17. The van der Waals surface area contributed by atoms with E-state index in [4.69, 9.17) is 0 Å². The third-order valence-electron chi connectivity index (χ3n) is 4.35. The Labute approximate surface area is 141 Å². The minimum absolute atomic E-state index is 0.0560. The standard InChI is InChI=1S/C17H21N3O3S/c1-13(19-17(21)9-14-5-8-24(22,23)11-14)15-3-2-4-16(10-15)20-7-6-18-12-20/h2-4,6-7,10,12-14H,5,8-9,11H2,1H3,(H,19,21)/t13-,14+/m0/s1. The summed E-state index contributed by atoms with van der Waals surface area (Å²) in [6.45, 7) is 1.93. The Balaban J connectivity index is 1.61. The Morgan fingerprint density at radius 1 is 1.46 bits per heavy atom. The molecule has 1 saturated heterocycles. The average molecular weight is 347 g/mol. The lowest BCUT2D eigenvalue weighted by molar-refractivity contribution is -0.122. The van der Waals surface area contributed by atoms with E-state index in [1.807, 2.05) is 42.0 Å². The van der Waals surface area contributed by atoms with Crippen LogP contribution in [-0.4, -0.2) is 35.4 Å². The van der Waals surface area contributed by atoms with Crippen molar-refractivity contribution in [3.8, 4) is 5.69 Å². The molecule has 0 aliphatic carbocycles. The van der Waals surface area contributed by atoms with Crippen molar-refractivity contribution in [3.63, 3.8) is 0 Å². The molecule has 1 fully saturated rings. The SMILES string of the molecule is C[C@H](NC(=O)C[C@H]1CCS(=O)(=O)C1)c1cccc(-n2ccnc2)c1. The highest BCUT2D eigenvalue weighted by Crippen LogP contribution is 2.22. The molecular weight excluding hydrogens is 326 g/mol. The Morgan fingerprint density at radius 3 is 2.96 bits per heavy atom. The zero-order valence-electron chi connectivity index (χ0n) is 13.6. The summed E-state index contributed by atoms with van der Waals surface area (Å²) in [5.41, 5.74) is 1.97. The number of imidazole rings is 1. The van der Waals surface area contributed by atoms with Crippen LogP contribution in [0.4, 0.5) is 0 Å². The van der Waals surface area contributed by atoms with E-state index >= 15 is 0 Å². The first-order chi connectivity index (χ1) is 11.4. The monoisotopic (exact) mass is 347 g/mol. The molecule has 2 heterocycles. The summed E-state index contributed by atoms with van der Waals surface area (Å²) in [6.07, 6.45) is 6.16. The maximum Gasteiger partial charge on any atom is 0.220 e. The Kier molecular flexibility index (Phi) is 4.71. The number of benzene rings is 1. The predicted molar refractivity (Wildman–Crippen MR) is 91.5 cm³/mol. The molecule has 2 aromatic rings. The first-order valence-corrected chi connectivity index (χ1v) is 9.83. The summed E-state index contributed by atoms with van der Waals surface area (Å²) < 4.78 is 24.9. The topological polar surface area (TPSA) is 81.1 Å². The van der Waals surface area contributed by atoms with Gasteiger partial charge in [-0.1, -0.05) is 12.1 Å². The van der Waals surface area contributed by atoms with Gasteiger partial charge in [-0.3, -0.25) is 4.79 Å². The maximum absolute atomic E-state index is 12.2. The molecule has 6 nitrogen and oxygen atoms in total. The molecule has 1 aliphatic heterocycles. The highest BCUT2D eigenvalue weighted by atomic mass is 32.2. The lowest BCUT2D eigenvalue weighted by atomic mass is 10.0. The fraction of sp³-hybridized carbons (Fsp3) is 0.412. The number of hydrogen-bond donors (Lipinski definition) is 1. The fourth-order valence-electron chi connectivity index (χ4n) is 3.05. The lowest BCUT2D eigenvalue weighted by Crippen LogP contribution is -2.28. The number of rotatable bonds is 5. The minimum Gasteiger partial charge on any atom is -0.350 e. The molecule has 128 valence electrons. The van der Waals surface area contributed by atoms with Gasteiger partial charge >= 0.3 is 0 Å². The second-order valence-corrected chi connectivity index (χ2v) is 8.56. The number of aromatic nitrogens is 2. The second-order valence-electron chi connectivity index (χ2n) is 6.33. The number of sulfone groups is 1. The van der Waals surface area contributed by atoms with E-state index in [0.29, 0.717) is 6.42 Å². The fourth-order valence-corrected chi connectivity index (χ4v) is 4.91. The smallest absolute Gasteiger partial charge is 0.220 e. The molecule has 0 spiro atoms. The van der Waals surface area contributed by atoms with Gasteiger partial charge in [0.15, 0.2) is 9.84 Å². The third-order valence-corrected chi connectivity index (χ3v) is 6.19. The van der Waals surface area contributed by atoms with Gasteiger partial charge in [-0.2, -0.15) is 0 Å². The van der Waals surface area contributed by atoms with Crippen LogP contribution in [0.3, 0.4) is 0 Å². The van der Waals surface area contributed by atoms with E-state index in [0.717, 1.165) is 11.3 Å². The summed E-state index contributed by atoms with van der Waals surface area (Å²) in [4.78, 5) is 16.2. The van der Waals surface area contributed by atoms with Gasteiger partial charge in [0.25, 0.3) is 0 Å². The van der Waals surface area contributed by atoms with E-state index in [-0.39, 0.29) is 35.8 Å². The lowest BCUT2D eigenvalue weighted by Gasteiger charge is -2.17. The number of carbonyl (C=O) groups excluding carboxylic acids is 1. The Bertz CT molecular complexity index is 815. The maximum atomic E-state index is 12.2. The van der Waals surface area contributed by atoms with Crippen molar-refractivity contribution in [2.75, 3.05) is 11.5 Å². The summed E-state index contributed by atoms with van der Waals surface area (Å²) in [7, 11) is -2.94. The van der Waals surface area contributed by atoms with Gasteiger partial charge in [0.05, 0.1) is 23.9 Å². The Morgan fingerprint density at radius 2 is 2.29 bits per heavy atom. The number of nitrogens with zero attached hydrogens (tertiary/aromatic N) is 2. The summed E-state index contributed by atoms with van der Waals surface area (Å²) in [6, 6.07) is 7.75. The van der Waals surface area contributed by atoms with Gasteiger partial charge < -0.3 is 9.88 Å². The second kappa shape index (κ2) is 6.76. The van der Waals surface area contributed by atoms with Crippen molar-refractivity contribution < 1.29 is 13.2 Å². The minimum atomic E-state index is -2.94. The number of carbonyl (C=O) groups is 1. The van der Waals surface area contributed by atoms with Crippen LogP contribution in [0.5, 0.6) is 0 Å². The molecule has 2 atom stereocenters. The van der Waals surface area contributed by atoms with E-state index in [9.17, 15) is 13.2 Å². The van der Waals surface area contributed by atoms with Crippen LogP contribution in [0.15, 0.2) is 43.0 Å². The molecule has 1 aliphatic rings. The van der Waals surface area contributed by atoms with Crippen molar-refractivity contribution in [1.29, 1.82) is 0 Å². The van der Waals surface area contributed by atoms with Crippen LogP contribution in [-0.2, 0) is 14.6 Å². The number of nitrogens with one attached hydrogen (secondary N) is 1. The number of hydrogen-bond acceptors (Lipinski definition) is 4. The largest absolute Gasteiger partial charge is 0.350 e. The summed E-state index contributed by atoms with van der Waals surface area (Å²) in [5, 5.41) is 2.96. The molecule has 7 heteroatoms. The first kappa shape index (κ1) is 16.7. The van der Waals surface area contributed by atoms with Crippen LogP contribution < -0.4 is 5.32 Å². The van der Waals surface area contributed by atoms with Crippen LogP contribution in [0.25, 0.3) is 5.69 Å². The van der Waals surface area contributed by atoms with E-state index in [1.165, 1.54) is 0 Å². The van der Waals surface area contributed by atoms with Crippen molar-refractivity contribution in [2.45, 2.75) is 25.8 Å². The molecule has 0 bridgehead atoms. The van der Waals surface area contributed by atoms with Crippen LogP contribution in [0.2, 0.25) is 0 Å². The molecule has 1 N–H and O–H groups in total. The van der Waals surface area contributed by atoms with E-state index in [1.54, 1.807) is 12.5 Å². The number of amides is 1. The molecule has 0 radical (unpaired) electrons. The zero-order valence-corrected chi connectivity index (χ0v) is 14.4. The van der Waals surface area contributed by atoms with Gasteiger partial charge in [-0.25, -0.2) is 13.4 Å². The van der Waals surface area contributed by atoms with Gasteiger partial charge in [0.1, 0.15) is 0 Å². The van der Waals surface area contributed by atoms with Crippen LogP contribution in [0, 0.1) is 5.92 Å². The van der Waals surface area contributed by atoms with Gasteiger partial charge in [-0.15, -0.1) is 0 Å². The van der Waals surface area contributed by atoms with Crippen molar-refractivity contribution in [1.82, 2.24) is 14.9 Å². The van der Waals surface area contributed by atoms with Crippen LogP contribution in [0.1, 0.15) is 31.4 Å². The highest BCUT2D eigenvalue weighted by Gasteiger charge is 2.29. The molecule has 1 amide bonds. The van der Waals surface area contributed by atoms with Crippen molar-refractivity contribution in [3.05, 3.63) is 48.5 Å². The van der Waals surface area contributed by atoms with Crippen molar-refractivity contribution in [2.24, 2.45) is 5.92 Å². The molecular formula is C17H21N3O3S. The van der Waals surface area contributed by atoms with Crippen LogP contribution >= 0.6 is 0 Å². The van der Waals surface area contributed by atoms with Gasteiger partial charge in [-0.05, 0) is 37.0 Å². The summed E-state index contributed by atoms with van der Waals surface area (Å²) >= 11 is 0. The van der Waals surface area contributed by atoms with Gasteiger partial charge in [0.2, 0.25) is 5.91 Å². The summed E-state index contributed by atoms with van der Waals surface area (Å²) in [5.74, 6) is 0.176. The zero-order chi connectivity index (χ0) is 17.2. The first-order valence-electron chi connectivity index (χ1n) is 8.01. The molecule has 0 saturated carbocycles. The van der Waals surface area contributed by atoms with Gasteiger partial charge in [0, 0.05) is 24.5 Å². The van der Waals surface area contributed by atoms with Crippen molar-refractivity contribution >= 4 is 15.7 Å². The molecule has 0 unspecified atom stereocenters. The molecule has 3 rings (SSSR count). The quantitative estimate of drug-likeness (QED) is 0.895. The molecule has 24 heavy (non-hydrogen) atoms. The molecule has 1 aromatic heterocycles. The highest BCUT2D eigenvalue weighted by molar-refractivity contribution is 7.91. The normalized spacial score (nSPS) is 20.6. The van der Waals surface area contributed by atoms with E-state index < -0.39 is 9.84 Å². The third kappa shape index (κ3) is 4.03. The molecule has 1 aromatic carbocycles. The van der Waals surface area contributed by atoms with E-state index in [2.05, 4.69) is 10.3 Å². The predicted octanol–water partition coefficient (Wildman–Crippen LogP) is 1.87. The Hall–Kier alpha value is -2.15.